The summed E-state index contributed by atoms with van der Waals surface area (Å²) in [5.74, 6) is -0.281. The van der Waals surface area contributed by atoms with E-state index in [9.17, 15) is 13.2 Å². The highest BCUT2D eigenvalue weighted by Gasteiger charge is 2.38. The molecular weight excluding hydrogens is 292 g/mol. The highest BCUT2D eigenvalue weighted by molar-refractivity contribution is 7.89. The summed E-state index contributed by atoms with van der Waals surface area (Å²) in [6.45, 7) is 0.368. The van der Waals surface area contributed by atoms with E-state index in [4.69, 9.17) is 5.73 Å². The zero-order valence-electron chi connectivity index (χ0n) is 11.9. The maximum Gasteiger partial charge on any atom is 0.245 e. The van der Waals surface area contributed by atoms with Gasteiger partial charge in [-0.3, -0.25) is 9.78 Å². The van der Waals surface area contributed by atoms with Crippen molar-refractivity contribution in [3.63, 3.8) is 0 Å². The number of carbonyl (C=O) groups excluding carboxylic acids is 1. The van der Waals surface area contributed by atoms with Crippen LogP contribution in [-0.2, 0) is 21.4 Å². The molecule has 0 aromatic carbocycles. The van der Waals surface area contributed by atoms with Crippen molar-refractivity contribution >= 4 is 15.9 Å². The molecule has 0 saturated carbocycles. The molecule has 116 valence electrons. The second-order valence-corrected chi connectivity index (χ2v) is 6.75. The van der Waals surface area contributed by atoms with E-state index in [1.165, 1.54) is 23.6 Å². The molecule has 1 fully saturated rings. The van der Waals surface area contributed by atoms with E-state index in [-0.39, 0.29) is 17.3 Å². The number of nitrogens with one attached hydrogen (secondary N) is 1. The van der Waals surface area contributed by atoms with E-state index in [1.807, 2.05) is 0 Å². The van der Waals surface area contributed by atoms with Crippen LogP contribution < -0.4 is 11.1 Å². The molecule has 2 heterocycles. The molecule has 1 atom stereocenters. The van der Waals surface area contributed by atoms with Crippen LogP contribution in [0.3, 0.4) is 0 Å². The van der Waals surface area contributed by atoms with Crippen molar-refractivity contribution in [1.29, 1.82) is 0 Å². The number of nitrogens with two attached hydrogens (primary N) is 1. The predicted molar refractivity (Wildman–Crippen MR) is 77.7 cm³/mol. The number of sulfonamides is 1. The SMILES string of the molecule is CNC(=O)C1CCCCN1S(=O)(=O)c1cccnc1CN. The first kappa shape index (κ1) is 15.9. The van der Waals surface area contributed by atoms with Crippen LogP contribution in [0.5, 0.6) is 0 Å². The first-order chi connectivity index (χ1) is 10.0. The third kappa shape index (κ3) is 3.07. The number of rotatable bonds is 4. The molecule has 2 rings (SSSR count). The van der Waals surface area contributed by atoms with Crippen LogP contribution in [-0.4, -0.2) is 43.2 Å². The lowest BCUT2D eigenvalue weighted by atomic mass is 10.0. The number of nitrogens with zero attached hydrogens (tertiary/aromatic N) is 2. The summed E-state index contributed by atoms with van der Waals surface area (Å²) in [6, 6.07) is 2.38. The molecule has 0 aliphatic carbocycles. The molecule has 1 aliphatic heterocycles. The van der Waals surface area contributed by atoms with Crippen LogP contribution in [0.2, 0.25) is 0 Å². The quantitative estimate of drug-likeness (QED) is 0.803. The monoisotopic (exact) mass is 312 g/mol. The van der Waals surface area contributed by atoms with Gasteiger partial charge in [-0.1, -0.05) is 6.42 Å². The van der Waals surface area contributed by atoms with E-state index < -0.39 is 16.1 Å². The van der Waals surface area contributed by atoms with Gasteiger partial charge >= 0.3 is 0 Å². The molecule has 0 spiro atoms. The average molecular weight is 312 g/mol. The summed E-state index contributed by atoms with van der Waals surface area (Å²) in [5, 5.41) is 2.53. The smallest absolute Gasteiger partial charge is 0.245 e. The summed E-state index contributed by atoms with van der Waals surface area (Å²) in [6.07, 6.45) is 3.61. The maximum atomic E-state index is 12.8. The minimum absolute atomic E-state index is 0.0356. The highest BCUT2D eigenvalue weighted by Crippen LogP contribution is 2.26. The Hall–Kier alpha value is -1.51. The summed E-state index contributed by atoms with van der Waals surface area (Å²) in [7, 11) is -2.27. The zero-order valence-corrected chi connectivity index (χ0v) is 12.8. The Labute approximate surface area is 124 Å². The van der Waals surface area contributed by atoms with Gasteiger partial charge in [0.05, 0.1) is 5.69 Å². The lowest BCUT2D eigenvalue weighted by molar-refractivity contribution is -0.125. The van der Waals surface area contributed by atoms with E-state index in [0.29, 0.717) is 18.7 Å². The molecule has 1 unspecified atom stereocenters. The van der Waals surface area contributed by atoms with Crippen LogP contribution in [0.25, 0.3) is 0 Å². The van der Waals surface area contributed by atoms with Gasteiger partial charge in [0.2, 0.25) is 15.9 Å². The standard InChI is InChI=1S/C13H20N4O3S/c1-15-13(18)11-5-2-3-8-17(11)21(19,20)12-6-4-7-16-10(12)9-14/h4,6-7,11H,2-3,5,8-9,14H2,1H3,(H,15,18). The lowest BCUT2D eigenvalue weighted by Crippen LogP contribution is -2.51. The zero-order chi connectivity index (χ0) is 15.5. The van der Waals surface area contributed by atoms with Gasteiger partial charge in [-0.15, -0.1) is 0 Å². The first-order valence-electron chi connectivity index (χ1n) is 6.89. The lowest BCUT2D eigenvalue weighted by Gasteiger charge is -2.33. The first-order valence-corrected chi connectivity index (χ1v) is 8.33. The van der Waals surface area contributed by atoms with Crippen LogP contribution in [0.15, 0.2) is 23.2 Å². The van der Waals surface area contributed by atoms with Crippen molar-refractivity contribution in [3.8, 4) is 0 Å². The Morgan fingerprint density at radius 1 is 1.52 bits per heavy atom. The molecule has 3 N–H and O–H groups in total. The fraction of sp³-hybridized carbons (Fsp3) is 0.538. The molecule has 7 nitrogen and oxygen atoms in total. The number of likely N-dealkylation sites (N-methyl/N-ethyl adjacent to an activating group) is 1. The van der Waals surface area contributed by atoms with Crippen molar-refractivity contribution in [2.24, 2.45) is 5.73 Å². The minimum atomic E-state index is -3.78. The topological polar surface area (TPSA) is 105 Å². The van der Waals surface area contributed by atoms with E-state index in [1.54, 1.807) is 6.07 Å². The van der Waals surface area contributed by atoms with Crippen molar-refractivity contribution in [3.05, 3.63) is 24.0 Å². The summed E-state index contributed by atoms with van der Waals surface area (Å²) < 4.78 is 27.0. The average Bonchev–Trinajstić information content (AvgIpc) is 2.54. The Balaban J connectivity index is 2.43. The molecule has 1 saturated heterocycles. The Bertz CT molecular complexity index is 618. The number of pyridine rings is 1. The number of piperidine rings is 1. The van der Waals surface area contributed by atoms with Gasteiger partial charge in [-0.25, -0.2) is 8.42 Å². The normalized spacial score (nSPS) is 20.2. The third-order valence-corrected chi connectivity index (χ3v) is 5.61. The van der Waals surface area contributed by atoms with Gasteiger partial charge in [-0.2, -0.15) is 4.31 Å². The number of aromatic nitrogens is 1. The van der Waals surface area contributed by atoms with Gasteiger partial charge in [0, 0.05) is 26.3 Å². The van der Waals surface area contributed by atoms with Crippen molar-refractivity contribution < 1.29 is 13.2 Å². The Kier molecular flexibility index (Phi) is 4.92. The summed E-state index contributed by atoms with van der Waals surface area (Å²) in [4.78, 5) is 16.1. The van der Waals surface area contributed by atoms with Crippen LogP contribution in [0.1, 0.15) is 25.0 Å². The minimum Gasteiger partial charge on any atom is -0.358 e. The Morgan fingerprint density at radius 3 is 2.95 bits per heavy atom. The highest BCUT2D eigenvalue weighted by atomic mass is 32.2. The van der Waals surface area contributed by atoms with Gasteiger partial charge in [-0.05, 0) is 25.0 Å². The molecular formula is C13H20N4O3S. The summed E-state index contributed by atoms with van der Waals surface area (Å²) in [5.41, 5.74) is 5.89. The molecule has 8 heteroatoms. The van der Waals surface area contributed by atoms with E-state index in [0.717, 1.165) is 12.8 Å². The fourth-order valence-corrected chi connectivity index (χ4v) is 4.40. The largest absolute Gasteiger partial charge is 0.358 e. The molecule has 1 aromatic heterocycles. The number of hydrogen-bond donors (Lipinski definition) is 2. The van der Waals surface area contributed by atoms with Crippen LogP contribution in [0, 0.1) is 0 Å². The maximum absolute atomic E-state index is 12.8. The second-order valence-electron chi connectivity index (χ2n) is 4.89. The molecule has 21 heavy (non-hydrogen) atoms. The van der Waals surface area contributed by atoms with Gasteiger partial charge in [0.25, 0.3) is 0 Å². The fourth-order valence-electron chi connectivity index (χ4n) is 2.56. The van der Waals surface area contributed by atoms with Crippen molar-refractivity contribution in [2.45, 2.75) is 36.7 Å². The van der Waals surface area contributed by atoms with Crippen LogP contribution >= 0.6 is 0 Å². The van der Waals surface area contributed by atoms with Gasteiger partial charge < -0.3 is 11.1 Å². The number of amides is 1. The van der Waals surface area contributed by atoms with Gasteiger partial charge in [0.15, 0.2) is 0 Å². The third-order valence-electron chi connectivity index (χ3n) is 3.63. The van der Waals surface area contributed by atoms with Crippen LogP contribution in [0.4, 0.5) is 0 Å². The molecule has 1 aromatic rings. The predicted octanol–water partition coefficient (Wildman–Crippen LogP) is -0.170. The second kappa shape index (κ2) is 6.50. The van der Waals surface area contributed by atoms with E-state index >= 15 is 0 Å². The Morgan fingerprint density at radius 2 is 2.29 bits per heavy atom. The summed E-state index contributed by atoms with van der Waals surface area (Å²) >= 11 is 0. The number of hydrogen-bond acceptors (Lipinski definition) is 5. The molecule has 0 radical (unpaired) electrons. The van der Waals surface area contributed by atoms with Gasteiger partial charge in [0.1, 0.15) is 10.9 Å². The van der Waals surface area contributed by atoms with E-state index in [2.05, 4.69) is 10.3 Å². The van der Waals surface area contributed by atoms with Crippen molar-refractivity contribution in [2.75, 3.05) is 13.6 Å². The molecule has 1 amide bonds. The molecule has 1 aliphatic rings. The molecule has 0 bridgehead atoms. The number of carbonyl (C=O) groups is 1. The van der Waals surface area contributed by atoms with Crippen molar-refractivity contribution in [1.82, 2.24) is 14.6 Å².